The molecule has 0 aromatic rings. The van der Waals surface area contributed by atoms with Gasteiger partial charge in [0.2, 0.25) is 5.91 Å². The van der Waals surface area contributed by atoms with Crippen LogP contribution in [-0.4, -0.2) is 61.5 Å². The Hall–Kier alpha value is -0.610. The first-order valence-corrected chi connectivity index (χ1v) is 6.03. The first kappa shape index (κ1) is 10.9. The minimum absolute atomic E-state index is 0.267. The lowest BCUT2D eigenvalue weighted by molar-refractivity contribution is -0.135. The third kappa shape index (κ3) is 2.49. The van der Waals surface area contributed by atoms with E-state index in [2.05, 4.69) is 17.1 Å². The Bertz CT molecular complexity index is 226. The van der Waals surface area contributed by atoms with Gasteiger partial charge in [-0.05, 0) is 19.5 Å². The molecule has 4 nitrogen and oxygen atoms in total. The van der Waals surface area contributed by atoms with Crippen LogP contribution in [0.25, 0.3) is 0 Å². The summed E-state index contributed by atoms with van der Waals surface area (Å²) in [6, 6.07) is 0. The second-order valence-corrected chi connectivity index (χ2v) is 4.45. The molecule has 0 radical (unpaired) electrons. The smallest absolute Gasteiger partial charge is 0.227 e. The van der Waals surface area contributed by atoms with Crippen LogP contribution in [0.2, 0.25) is 0 Å². The van der Waals surface area contributed by atoms with Crippen molar-refractivity contribution in [3.05, 3.63) is 0 Å². The Kier molecular flexibility index (Phi) is 3.59. The monoisotopic (exact) mass is 211 g/mol. The van der Waals surface area contributed by atoms with E-state index in [1.165, 1.54) is 0 Å². The summed E-state index contributed by atoms with van der Waals surface area (Å²) in [6.45, 7) is 9.00. The van der Waals surface area contributed by atoms with Crippen molar-refractivity contribution in [2.45, 2.75) is 13.3 Å². The molecule has 2 fully saturated rings. The Morgan fingerprint density at radius 3 is 2.67 bits per heavy atom. The number of carbonyl (C=O) groups is 1. The Balaban J connectivity index is 1.85. The molecule has 1 amide bonds. The van der Waals surface area contributed by atoms with E-state index >= 15 is 0 Å². The minimum Gasteiger partial charge on any atom is -0.340 e. The van der Waals surface area contributed by atoms with Gasteiger partial charge in [-0.15, -0.1) is 0 Å². The zero-order valence-corrected chi connectivity index (χ0v) is 9.54. The normalized spacial score (nSPS) is 28.3. The van der Waals surface area contributed by atoms with Crippen LogP contribution in [0.4, 0.5) is 0 Å². The molecular formula is C11H21N3O. The zero-order valence-electron chi connectivity index (χ0n) is 9.54. The van der Waals surface area contributed by atoms with Crippen molar-refractivity contribution >= 4 is 5.91 Å². The maximum Gasteiger partial charge on any atom is 0.227 e. The number of rotatable bonds is 2. The van der Waals surface area contributed by atoms with Crippen LogP contribution < -0.4 is 5.32 Å². The maximum absolute atomic E-state index is 12.1. The van der Waals surface area contributed by atoms with Crippen LogP contribution in [0.3, 0.4) is 0 Å². The fourth-order valence-corrected chi connectivity index (χ4v) is 2.46. The van der Waals surface area contributed by atoms with Gasteiger partial charge in [0.15, 0.2) is 0 Å². The molecule has 0 spiro atoms. The summed E-state index contributed by atoms with van der Waals surface area (Å²) in [5, 5.41) is 3.28. The van der Waals surface area contributed by atoms with E-state index in [-0.39, 0.29) is 5.92 Å². The van der Waals surface area contributed by atoms with Crippen LogP contribution in [0.15, 0.2) is 0 Å². The molecule has 2 heterocycles. The lowest BCUT2D eigenvalue weighted by Gasteiger charge is -2.29. The molecule has 2 saturated heterocycles. The third-order valence-electron chi connectivity index (χ3n) is 3.50. The summed E-state index contributed by atoms with van der Waals surface area (Å²) in [5.41, 5.74) is 0. The highest BCUT2D eigenvalue weighted by Gasteiger charge is 2.30. The molecule has 86 valence electrons. The molecule has 2 aliphatic heterocycles. The first-order chi connectivity index (χ1) is 7.31. The summed E-state index contributed by atoms with van der Waals surface area (Å²) >= 11 is 0. The van der Waals surface area contributed by atoms with Gasteiger partial charge in [-0.2, -0.15) is 0 Å². The largest absolute Gasteiger partial charge is 0.340 e. The van der Waals surface area contributed by atoms with Crippen LogP contribution in [-0.2, 0) is 4.79 Å². The van der Waals surface area contributed by atoms with Crippen molar-refractivity contribution in [3.63, 3.8) is 0 Å². The number of likely N-dealkylation sites (tertiary alicyclic amines) is 1. The standard InChI is InChI=1S/C11H21N3O/c1-2-13-6-3-10(9-13)11(15)14-7-4-12-5-8-14/h10,12H,2-9H2,1H3. The highest BCUT2D eigenvalue weighted by atomic mass is 16.2. The fourth-order valence-electron chi connectivity index (χ4n) is 2.46. The van der Waals surface area contributed by atoms with E-state index < -0.39 is 0 Å². The molecule has 2 aliphatic rings. The van der Waals surface area contributed by atoms with Crippen molar-refractivity contribution < 1.29 is 4.79 Å². The highest BCUT2D eigenvalue weighted by Crippen LogP contribution is 2.18. The molecule has 1 unspecified atom stereocenters. The van der Waals surface area contributed by atoms with Crippen LogP contribution in [0, 0.1) is 5.92 Å². The average molecular weight is 211 g/mol. The summed E-state index contributed by atoms with van der Waals surface area (Å²) in [6.07, 6.45) is 1.05. The van der Waals surface area contributed by atoms with Crippen LogP contribution in [0.1, 0.15) is 13.3 Å². The van der Waals surface area contributed by atoms with Gasteiger partial charge in [0.05, 0.1) is 5.92 Å². The molecule has 0 aliphatic carbocycles. The van der Waals surface area contributed by atoms with E-state index in [4.69, 9.17) is 0 Å². The molecule has 0 aromatic heterocycles. The molecule has 1 atom stereocenters. The van der Waals surface area contributed by atoms with Crippen molar-refractivity contribution in [1.82, 2.24) is 15.1 Å². The molecule has 1 N–H and O–H groups in total. The van der Waals surface area contributed by atoms with Gasteiger partial charge in [0, 0.05) is 32.7 Å². The number of amides is 1. The van der Waals surface area contributed by atoms with Crippen molar-refractivity contribution in [2.24, 2.45) is 5.92 Å². The van der Waals surface area contributed by atoms with Crippen LogP contribution in [0.5, 0.6) is 0 Å². The molecule has 0 aromatic carbocycles. The predicted molar refractivity (Wildman–Crippen MR) is 59.7 cm³/mol. The number of nitrogens with zero attached hydrogens (tertiary/aromatic N) is 2. The summed E-state index contributed by atoms with van der Waals surface area (Å²) < 4.78 is 0. The number of hydrogen-bond acceptors (Lipinski definition) is 3. The summed E-state index contributed by atoms with van der Waals surface area (Å²) in [7, 11) is 0. The quantitative estimate of drug-likeness (QED) is 0.685. The second kappa shape index (κ2) is 4.94. The summed E-state index contributed by atoms with van der Waals surface area (Å²) in [4.78, 5) is 16.5. The van der Waals surface area contributed by atoms with E-state index in [9.17, 15) is 4.79 Å². The van der Waals surface area contributed by atoms with Gasteiger partial charge >= 0.3 is 0 Å². The topological polar surface area (TPSA) is 35.6 Å². The predicted octanol–water partition coefficient (Wildman–Crippen LogP) is -0.240. The van der Waals surface area contributed by atoms with Gasteiger partial charge in [0.25, 0.3) is 0 Å². The van der Waals surface area contributed by atoms with Crippen molar-refractivity contribution in [2.75, 3.05) is 45.8 Å². The number of carbonyl (C=O) groups excluding carboxylic acids is 1. The number of hydrogen-bond donors (Lipinski definition) is 1. The lowest BCUT2D eigenvalue weighted by atomic mass is 10.1. The van der Waals surface area contributed by atoms with Crippen molar-refractivity contribution in [1.29, 1.82) is 0 Å². The maximum atomic E-state index is 12.1. The lowest BCUT2D eigenvalue weighted by Crippen LogP contribution is -2.48. The zero-order chi connectivity index (χ0) is 10.7. The van der Waals surface area contributed by atoms with Gasteiger partial charge < -0.3 is 15.1 Å². The molecule has 0 saturated carbocycles. The molecular weight excluding hydrogens is 190 g/mol. The minimum atomic E-state index is 0.267. The average Bonchev–Trinajstić information content (AvgIpc) is 2.78. The molecule has 15 heavy (non-hydrogen) atoms. The molecule has 2 rings (SSSR count). The fraction of sp³-hybridized carbons (Fsp3) is 0.909. The van der Waals surface area contributed by atoms with E-state index in [0.29, 0.717) is 5.91 Å². The number of piperazine rings is 1. The second-order valence-electron chi connectivity index (χ2n) is 4.45. The first-order valence-electron chi connectivity index (χ1n) is 6.03. The molecule has 4 heteroatoms. The summed E-state index contributed by atoms with van der Waals surface area (Å²) in [5.74, 6) is 0.649. The SMILES string of the molecule is CCN1CCC(C(=O)N2CCNCC2)C1. The Morgan fingerprint density at radius 1 is 1.33 bits per heavy atom. The third-order valence-corrected chi connectivity index (χ3v) is 3.50. The van der Waals surface area contributed by atoms with Gasteiger partial charge in [-0.1, -0.05) is 6.92 Å². The van der Waals surface area contributed by atoms with E-state index in [1.54, 1.807) is 0 Å². The highest BCUT2D eigenvalue weighted by molar-refractivity contribution is 5.79. The number of nitrogens with one attached hydrogen (secondary N) is 1. The van der Waals surface area contributed by atoms with E-state index in [1.807, 2.05) is 4.90 Å². The Labute approximate surface area is 91.6 Å². The molecule has 0 bridgehead atoms. The Morgan fingerprint density at radius 2 is 2.07 bits per heavy atom. The van der Waals surface area contributed by atoms with Gasteiger partial charge in [-0.25, -0.2) is 0 Å². The van der Waals surface area contributed by atoms with Gasteiger partial charge in [0.1, 0.15) is 0 Å². The van der Waals surface area contributed by atoms with Gasteiger partial charge in [-0.3, -0.25) is 4.79 Å². The van der Waals surface area contributed by atoms with E-state index in [0.717, 1.165) is 52.2 Å². The van der Waals surface area contributed by atoms with Crippen molar-refractivity contribution in [3.8, 4) is 0 Å². The van der Waals surface area contributed by atoms with Crippen LogP contribution >= 0.6 is 0 Å².